The van der Waals surface area contributed by atoms with Gasteiger partial charge >= 0.3 is 0 Å². The van der Waals surface area contributed by atoms with Crippen LogP contribution in [0.2, 0.25) is 0 Å². The van der Waals surface area contributed by atoms with E-state index < -0.39 is 0 Å². The standard InChI is InChI=1S/C14H24N2/c1-12-6-5-7-13(10-12)16(4)9-8-14(2,3)11-15/h5-7,10H,8-9,11,15H2,1-4H3. The molecule has 2 heteroatoms. The summed E-state index contributed by atoms with van der Waals surface area (Å²) in [5, 5.41) is 0. The maximum Gasteiger partial charge on any atom is 0.0366 e. The zero-order valence-electron chi connectivity index (χ0n) is 11.0. The summed E-state index contributed by atoms with van der Waals surface area (Å²) in [5.74, 6) is 0. The quantitative estimate of drug-likeness (QED) is 0.826. The third kappa shape index (κ3) is 3.86. The highest BCUT2D eigenvalue weighted by atomic mass is 15.1. The van der Waals surface area contributed by atoms with E-state index in [4.69, 9.17) is 5.73 Å². The van der Waals surface area contributed by atoms with E-state index in [9.17, 15) is 0 Å². The summed E-state index contributed by atoms with van der Waals surface area (Å²) in [6.07, 6.45) is 1.12. The second kappa shape index (κ2) is 5.35. The topological polar surface area (TPSA) is 29.3 Å². The van der Waals surface area contributed by atoms with Gasteiger partial charge in [-0.3, -0.25) is 0 Å². The number of benzene rings is 1. The summed E-state index contributed by atoms with van der Waals surface area (Å²) >= 11 is 0. The number of hydrogen-bond acceptors (Lipinski definition) is 2. The van der Waals surface area contributed by atoms with Crippen LogP contribution in [0.15, 0.2) is 24.3 Å². The molecular formula is C14H24N2. The second-order valence-electron chi connectivity index (χ2n) is 5.38. The SMILES string of the molecule is Cc1cccc(N(C)CCC(C)(C)CN)c1. The fourth-order valence-electron chi connectivity index (χ4n) is 1.57. The lowest BCUT2D eigenvalue weighted by Gasteiger charge is -2.27. The summed E-state index contributed by atoms with van der Waals surface area (Å²) in [4.78, 5) is 2.30. The molecule has 0 heterocycles. The molecule has 2 N–H and O–H groups in total. The van der Waals surface area contributed by atoms with Crippen molar-refractivity contribution in [2.75, 3.05) is 25.0 Å². The second-order valence-corrected chi connectivity index (χ2v) is 5.38. The van der Waals surface area contributed by atoms with E-state index in [1.807, 2.05) is 0 Å². The van der Waals surface area contributed by atoms with Gasteiger partial charge < -0.3 is 10.6 Å². The van der Waals surface area contributed by atoms with Crippen LogP contribution in [-0.2, 0) is 0 Å². The van der Waals surface area contributed by atoms with Crippen LogP contribution in [0.3, 0.4) is 0 Å². The molecule has 1 aromatic carbocycles. The Bertz CT molecular complexity index is 331. The van der Waals surface area contributed by atoms with Crippen LogP contribution in [0.4, 0.5) is 5.69 Å². The molecule has 2 nitrogen and oxygen atoms in total. The summed E-state index contributed by atoms with van der Waals surface area (Å²) in [6.45, 7) is 8.36. The largest absolute Gasteiger partial charge is 0.375 e. The number of hydrogen-bond donors (Lipinski definition) is 1. The first-order valence-corrected chi connectivity index (χ1v) is 5.92. The van der Waals surface area contributed by atoms with Crippen molar-refractivity contribution in [1.29, 1.82) is 0 Å². The Hall–Kier alpha value is -1.02. The Morgan fingerprint density at radius 3 is 2.56 bits per heavy atom. The molecule has 90 valence electrons. The molecule has 0 radical (unpaired) electrons. The predicted octanol–water partition coefficient (Wildman–Crippen LogP) is 2.81. The lowest BCUT2D eigenvalue weighted by atomic mass is 9.89. The number of anilines is 1. The molecule has 0 atom stereocenters. The minimum absolute atomic E-state index is 0.234. The van der Waals surface area contributed by atoms with Crippen molar-refractivity contribution in [3.63, 3.8) is 0 Å². The van der Waals surface area contributed by atoms with Gasteiger partial charge in [0.25, 0.3) is 0 Å². The van der Waals surface area contributed by atoms with Crippen molar-refractivity contribution in [3.8, 4) is 0 Å². The van der Waals surface area contributed by atoms with Crippen LogP contribution >= 0.6 is 0 Å². The first-order chi connectivity index (χ1) is 7.44. The van der Waals surface area contributed by atoms with E-state index in [0.717, 1.165) is 19.5 Å². The Morgan fingerprint density at radius 2 is 2.00 bits per heavy atom. The highest BCUT2D eigenvalue weighted by molar-refractivity contribution is 5.47. The van der Waals surface area contributed by atoms with Crippen molar-refractivity contribution in [3.05, 3.63) is 29.8 Å². The summed E-state index contributed by atoms with van der Waals surface area (Å²) in [6, 6.07) is 8.61. The highest BCUT2D eigenvalue weighted by Gasteiger charge is 2.16. The van der Waals surface area contributed by atoms with Gasteiger partial charge in [0.1, 0.15) is 0 Å². The van der Waals surface area contributed by atoms with E-state index in [1.165, 1.54) is 11.3 Å². The zero-order valence-corrected chi connectivity index (χ0v) is 11.0. The van der Waals surface area contributed by atoms with Gasteiger partial charge in [0, 0.05) is 19.3 Å². The molecule has 0 amide bonds. The van der Waals surface area contributed by atoms with Gasteiger partial charge in [-0.15, -0.1) is 0 Å². The third-order valence-electron chi connectivity index (χ3n) is 3.12. The fraction of sp³-hybridized carbons (Fsp3) is 0.571. The molecule has 16 heavy (non-hydrogen) atoms. The fourth-order valence-corrected chi connectivity index (χ4v) is 1.57. The van der Waals surface area contributed by atoms with Crippen LogP contribution in [0.25, 0.3) is 0 Å². The Morgan fingerprint density at radius 1 is 1.31 bits per heavy atom. The van der Waals surface area contributed by atoms with Gasteiger partial charge in [-0.1, -0.05) is 26.0 Å². The monoisotopic (exact) mass is 220 g/mol. The van der Waals surface area contributed by atoms with E-state index in [0.29, 0.717) is 0 Å². The smallest absolute Gasteiger partial charge is 0.0366 e. The van der Waals surface area contributed by atoms with E-state index >= 15 is 0 Å². The van der Waals surface area contributed by atoms with Crippen molar-refractivity contribution < 1.29 is 0 Å². The molecule has 0 spiro atoms. The molecule has 0 unspecified atom stereocenters. The van der Waals surface area contributed by atoms with Crippen molar-refractivity contribution in [2.24, 2.45) is 11.1 Å². The minimum atomic E-state index is 0.234. The van der Waals surface area contributed by atoms with Gasteiger partial charge in [-0.25, -0.2) is 0 Å². The molecule has 1 aromatic rings. The molecular weight excluding hydrogens is 196 g/mol. The van der Waals surface area contributed by atoms with Crippen molar-refractivity contribution in [1.82, 2.24) is 0 Å². The lowest BCUT2D eigenvalue weighted by molar-refractivity contribution is 0.351. The molecule has 0 saturated heterocycles. The maximum atomic E-state index is 5.74. The number of aryl methyl sites for hydroxylation is 1. The summed E-state index contributed by atoms with van der Waals surface area (Å²) < 4.78 is 0. The Labute approximate surface area is 99.5 Å². The molecule has 0 aliphatic rings. The van der Waals surface area contributed by atoms with E-state index in [2.05, 4.69) is 57.0 Å². The van der Waals surface area contributed by atoms with Crippen molar-refractivity contribution >= 4 is 5.69 Å². The van der Waals surface area contributed by atoms with Crippen LogP contribution in [-0.4, -0.2) is 20.1 Å². The van der Waals surface area contributed by atoms with Gasteiger partial charge in [0.15, 0.2) is 0 Å². The Kier molecular flexibility index (Phi) is 4.36. The summed E-state index contributed by atoms with van der Waals surface area (Å²) in [7, 11) is 2.14. The highest BCUT2D eigenvalue weighted by Crippen LogP contribution is 2.21. The van der Waals surface area contributed by atoms with Crippen LogP contribution < -0.4 is 10.6 Å². The zero-order chi connectivity index (χ0) is 12.2. The van der Waals surface area contributed by atoms with E-state index in [1.54, 1.807) is 0 Å². The molecule has 0 aliphatic carbocycles. The van der Waals surface area contributed by atoms with Gasteiger partial charge in [0.2, 0.25) is 0 Å². The number of nitrogens with zero attached hydrogens (tertiary/aromatic N) is 1. The van der Waals surface area contributed by atoms with Gasteiger partial charge in [-0.05, 0) is 43.0 Å². The number of nitrogens with two attached hydrogens (primary N) is 1. The molecule has 1 rings (SSSR count). The molecule has 0 fully saturated rings. The average Bonchev–Trinajstić information content (AvgIpc) is 2.26. The van der Waals surface area contributed by atoms with Gasteiger partial charge in [-0.2, -0.15) is 0 Å². The molecule has 0 aromatic heterocycles. The molecule has 0 saturated carbocycles. The van der Waals surface area contributed by atoms with E-state index in [-0.39, 0.29) is 5.41 Å². The summed E-state index contributed by atoms with van der Waals surface area (Å²) in [5.41, 5.74) is 8.56. The average molecular weight is 220 g/mol. The normalized spacial score (nSPS) is 11.6. The van der Waals surface area contributed by atoms with Gasteiger partial charge in [0.05, 0.1) is 0 Å². The first kappa shape index (κ1) is 13.0. The Balaban J connectivity index is 2.56. The lowest BCUT2D eigenvalue weighted by Crippen LogP contribution is -2.29. The maximum absolute atomic E-state index is 5.74. The molecule has 0 bridgehead atoms. The first-order valence-electron chi connectivity index (χ1n) is 5.92. The minimum Gasteiger partial charge on any atom is -0.375 e. The third-order valence-corrected chi connectivity index (χ3v) is 3.12. The van der Waals surface area contributed by atoms with Crippen LogP contribution in [0.5, 0.6) is 0 Å². The molecule has 0 aliphatic heterocycles. The predicted molar refractivity (Wildman–Crippen MR) is 71.9 cm³/mol. The van der Waals surface area contributed by atoms with Crippen LogP contribution in [0, 0.1) is 12.3 Å². The van der Waals surface area contributed by atoms with Crippen molar-refractivity contribution in [2.45, 2.75) is 27.2 Å². The number of rotatable bonds is 5. The van der Waals surface area contributed by atoms with Crippen LogP contribution in [0.1, 0.15) is 25.8 Å².